The summed E-state index contributed by atoms with van der Waals surface area (Å²) < 4.78 is 0. The van der Waals surface area contributed by atoms with Gasteiger partial charge in [-0.3, -0.25) is 4.79 Å². The highest BCUT2D eigenvalue weighted by molar-refractivity contribution is 5.79. The topological polar surface area (TPSA) is 55.1 Å². The number of carbonyl (C=O) groups excluding carboxylic acids is 1. The van der Waals surface area contributed by atoms with Crippen LogP contribution in [0.4, 0.5) is 0 Å². The van der Waals surface area contributed by atoms with E-state index in [2.05, 4.69) is 19.2 Å². The van der Waals surface area contributed by atoms with E-state index < -0.39 is 0 Å². The van der Waals surface area contributed by atoms with Gasteiger partial charge in [-0.1, -0.05) is 20.3 Å². The Bertz CT molecular complexity index is 195. The molecule has 82 valence electrons. The van der Waals surface area contributed by atoms with Crippen LogP contribution in [0.25, 0.3) is 0 Å². The molecule has 1 amide bonds. The quantitative estimate of drug-likeness (QED) is 0.717. The molecule has 3 unspecified atom stereocenters. The Hall–Kier alpha value is -0.570. The molecular weight excluding hydrogens is 176 g/mol. The fraction of sp³-hybridized carbons (Fsp3) is 0.909. The molecule has 3 heteroatoms. The molecule has 0 aromatic rings. The molecule has 3 atom stereocenters. The fourth-order valence-corrected chi connectivity index (χ4v) is 2.38. The van der Waals surface area contributed by atoms with Gasteiger partial charge in [0.1, 0.15) is 0 Å². The lowest BCUT2D eigenvalue weighted by Gasteiger charge is -2.36. The molecule has 1 fully saturated rings. The van der Waals surface area contributed by atoms with Crippen molar-refractivity contribution in [1.29, 1.82) is 0 Å². The van der Waals surface area contributed by atoms with Crippen molar-refractivity contribution < 1.29 is 4.79 Å². The molecule has 1 rings (SSSR count). The summed E-state index contributed by atoms with van der Waals surface area (Å²) in [5.74, 6) is 1.05. The van der Waals surface area contributed by atoms with Gasteiger partial charge in [-0.15, -0.1) is 0 Å². The highest BCUT2D eigenvalue weighted by atomic mass is 16.1. The van der Waals surface area contributed by atoms with Crippen molar-refractivity contribution >= 4 is 5.91 Å². The molecule has 0 bridgehead atoms. The molecule has 0 radical (unpaired) electrons. The molecule has 14 heavy (non-hydrogen) atoms. The Morgan fingerprint density at radius 2 is 1.86 bits per heavy atom. The third-order valence-electron chi connectivity index (χ3n) is 3.41. The van der Waals surface area contributed by atoms with Crippen LogP contribution in [0.5, 0.6) is 0 Å². The maximum Gasteiger partial charge on any atom is 0.234 e. The molecule has 3 N–H and O–H groups in total. The molecule has 0 aliphatic heterocycles. The Balaban J connectivity index is 2.51. The second-order valence-electron chi connectivity index (χ2n) is 4.70. The minimum atomic E-state index is -0.255. The van der Waals surface area contributed by atoms with Crippen molar-refractivity contribution in [3.63, 3.8) is 0 Å². The maximum absolute atomic E-state index is 10.9. The first-order valence-corrected chi connectivity index (χ1v) is 5.57. The molecule has 1 aliphatic carbocycles. The van der Waals surface area contributed by atoms with Crippen LogP contribution in [0.3, 0.4) is 0 Å². The molecule has 1 aliphatic rings. The minimum absolute atomic E-state index is 0.206. The lowest BCUT2D eigenvalue weighted by Crippen LogP contribution is -2.51. The zero-order chi connectivity index (χ0) is 10.7. The average Bonchev–Trinajstić information content (AvgIpc) is 2.11. The molecular formula is C11H22N2O. The van der Waals surface area contributed by atoms with Crippen LogP contribution in [-0.4, -0.2) is 18.0 Å². The summed E-state index contributed by atoms with van der Waals surface area (Å²) in [6.07, 6.45) is 3.83. The molecule has 0 spiro atoms. The molecule has 0 aromatic carbocycles. The molecule has 0 saturated heterocycles. The van der Waals surface area contributed by atoms with Crippen LogP contribution in [0.1, 0.15) is 40.0 Å². The Labute approximate surface area is 86.4 Å². The van der Waals surface area contributed by atoms with Gasteiger partial charge >= 0.3 is 0 Å². The lowest BCUT2D eigenvalue weighted by molar-refractivity contribution is -0.120. The van der Waals surface area contributed by atoms with E-state index in [1.165, 1.54) is 19.3 Å². The SMILES string of the molecule is CC(NC1C(C)CCCC1C)C(N)=O. The van der Waals surface area contributed by atoms with E-state index >= 15 is 0 Å². The second kappa shape index (κ2) is 4.78. The van der Waals surface area contributed by atoms with Crippen molar-refractivity contribution in [2.24, 2.45) is 17.6 Å². The third kappa shape index (κ3) is 2.71. The van der Waals surface area contributed by atoms with Crippen LogP contribution in [0.15, 0.2) is 0 Å². The van der Waals surface area contributed by atoms with Gasteiger partial charge in [-0.25, -0.2) is 0 Å². The van der Waals surface area contributed by atoms with Gasteiger partial charge in [0.25, 0.3) is 0 Å². The average molecular weight is 198 g/mol. The maximum atomic E-state index is 10.9. The summed E-state index contributed by atoms with van der Waals surface area (Å²) in [5, 5.41) is 3.34. The second-order valence-corrected chi connectivity index (χ2v) is 4.70. The summed E-state index contributed by atoms with van der Waals surface area (Å²) in [7, 11) is 0. The standard InChI is InChI=1S/C11H22N2O/c1-7-5-4-6-8(2)10(7)13-9(3)11(12)14/h7-10,13H,4-6H2,1-3H3,(H2,12,14). The highest BCUT2D eigenvalue weighted by Crippen LogP contribution is 2.28. The van der Waals surface area contributed by atoms with Gasteiger partial charge in [0.15, 0.2) is 0 Å². The number of nitrogens with two attached hydrogens (primary N) is 1. The fourth-order valence-electron chi connectivity index (χ4n) is 2.38. The number of nitrogens with one attached hydrogen (secondary N) is 1. The van der Waals surface area contributed by atoms with Crippen LogP contribution in [0.2, 0.25) is 0 Å². The molecule has 1 saturated carbocycles. The number of rotatable bonds is 3. The van der Waals surface area contributed by atoms with Crippen molar-refractivity contribution in [3.05, 3.63) is 0 Å². The van der Waals surface area contributed by atoms with Crippen LogP contribution in [-0.2, 0) is 4.79 Å². The normalized spacial score (nSPS) is 35.2. The highest BCUT2D eigenvalue weighted by Gasteiger charge is 2.29. The zero-order valence-corrected chi connectivity index (χ0v) is 9.42. The first-order chi connectivity index (χ1) is 6.52. The number of hydrogen-bond donors (Lipinski definition) is 2. The summed E-state index contributed by atoms with van der Waals surface area (Å²) in [6, 6.07) is 0.245. The number of carbonyl (C=O) groups is 1. The van der Waals surface area contributed by atoms with E-state index in [0.717, 1.165) is 0 Å². The van der Waals surface area contributed by atoms with Gasteiger partial charge in [-0.05, 0) is 31.6 Å². The Morgan fingerprint density at radius 1 is 1.36 bits per heavy atom. The smallest absolute Gasteiger partial charge is 0.234 e. The molecule has 0 heterocycles. The predicted molar refractivity (Wildman–Crippen MR) is 57.8 cm³/mol. The molecule has 3 nitrogen and oxygen atoms in total. The first kappa shape index (κ1) is 11.5. The summed E-state index contributed by atoms with van der Waals surface area (Å²) in [4.78, 5) is 10.9. The van der Waals surface area contributed by atoms with Crippen molar-refractivity contribution in [2.45, 2.75) is 52.1 Å². The number of amides is 1. The Morgan fingerprint density at radius 3 is 2.29 bits per heavy atom. The van der Waals surface area contributed by atoms with Crippen molar-refractivity contribution in [2.75, 3.05) is 0 Å². The minimum Gasteiger partial charge on any atom is -0.368 e. The number of primary amides is 1. The summed E-state index contributed by atoms with van der Waals surface area (Å²) >= 11 is 0. The lowest BCUT2D eigenvalue weighted by atomic mass is 9.78. The first-order valence-electron chi connectivity index (χ1n) is 5.57. The third-order valence-corrected chi connectivity index (χ3v) is 3.41. The van der Waals surface area contributed by atoms with E-state index in [1.54, 1.807) is 0 Å². The van der Waals surface area contributed by atoms with E-state index in [0.29, 0.717) is 17.9 Å². The largest absolute Gasteiger partial charge is 0.368 e. The van der Waals surface area contributed by atoms with Gasteiger partial charge in [0.2, 0.25) is 5.91 Å². The van der Waals surface area contributed by atoms with E-state index in [9.17, 15) is 4.79 Å². The summed E-state index contributed by atoms with van der Waals surface area (Å²) in [6.45, 7) is 6.35. The van der Waals surface area contributed by atoms with Crippen molar-refractivity contribution in [1.82, 2.24) is 5.32 Å². The van der Waals surface area contributed by atoms with E-state index in [1.807, 2.05) is 6.92 Å². The van der Waals surface area contributed by atoms with Gasteiger partial charge < -0.3 is 11.1 Å². The van der Waals surface area contributed by atoms with Crippen LogP contribution >= 0.6 is 0 Å². The zero-order valence-electron chi connectivity index (χ0n) is 9.42. The van der Waals surface area contributed by atoms with Crippen LogP contribution < -0.4 is 11.1 Å². The monoisotopic (exact) mass is 198 g/mol. The van der Waals surface area contributed by atoms with Crippen molar-refractivity contribution in [3.8, 4) is 0 Å². The van der Waals surface area contributed by atoms with Crippen LogP contribution in [0, 0.1) is 11.8 Å². The van der Waals surface area contributed by atoms with Gasteiger partial charge in [0.05, 0.1) is 6.04 Å². The predicted octanol–water partition coefficient (Wildman–Crippen LogP) is 1.27. The van der Waals surface area contributed by atoms with E-state index in [-0.39, 0.29) is 11.9 Å². The Kier molecular flexibility index (Phi) is 3.93. The number of hydrogen-bond acceptors (Lipinski definition) is 2. The van der Waals surface area contributed by atoms with Gasteiger partial charge in [0, 0.05) is 6.04 Å². The summed E-state index contributed by atoms with van der Waals surface area (Å²) in [5.41, 5.74) is 5.24. The van der Waals surface area contributed by atoms with Gasteiger partial charge in [-0.2, -0.15) is 0 Å². The van der Waals surface area contributed by atoms with E-state index in [4.69, 9.17) is 5.73 Å². The molecule has 0 aromatic heterocycles.